The van der Waals surface area contributed by atoms with Gasteiger partial charge in [0, 0.05) is 12.1 Å². The number of benzene rings is 1. The molecule has 0 radical (unpaired) electrons. The average Bonchev–Trinajstić information content (AvgIpc) is 2.43. The molecule has 0 amide bonds. The van der Waals surface area contributed by atoms with Crippen LogP contribution in [0.5, 0.6) is 5.75 Å². The van der Waals surface area contributed by atoms with Crippen LogP contribution in [0.25, 0.3) is 0 Å². The van der Waals surface area contributed by atoms with Crippen LogP contribution in [0.15, 0.2) is 24.3 Å². The van der Waals surface area contributed by atoms with Gasteiger partial charge in [-0.25, -0.2) is 0 Å². The molecule has 0 aliphatic heterocycles. The minimum absolute atomic E-state index is 0.0181. The van der Waals surface area contributed by atoms with Crippen LogP contribution in [0.2, 0.25) is 0 Å². The highest BCUT2D eigenvalue weighted by molar-refractivity contribution is 5.67. The molecule has 0 aliphatic rings. The molecule has 0 heterocycles. The van der Waals surface area contributed by atoms with Gasteiger partial charge in [-0.2, -0.15) is 0 Å². The van der Waals surface area contributed by atoms with E-state index in [2.05, 4.69) is 30.9 Å². The minimum Gasteiger partial charge on any atom is -0.497 e. The fourth-order valence-corrected chi connectivity index (χ4v) is 2.70. The van der Waals surface area contributed by atoms with Gasteiger partial charge in [-0.3, -0.25) is 9.69 Å². The van der Waals surface area contributed by atoms with Crippen molar-refractivity contribution in [1.82, 2.24) is 4.90 Å². The van der Waals surface area contributed by atoms with Crippen molar-refractivity contribution in [1.29, 1.82) is 0 Å². The Labute approximate surface area is 121 Å². The Morgan fingerprint density at radius 1 is 1.30 bits per heavy atom. The zero-order valence-electron chi connectivity index (χ0n) is 12.8. The fourth-order valence-electron chi connectivity index (χ4n) is 2.70. The van der Waals surface area contributed by atoms with E-state index in [1.807, 2.05) is 19.1 Å². The molecular formula is C16H25NO3. The Bertz CT molecular complexity index is 416. The Hall–Kier alpha value is -1.55. The van der Waals surface area contributed by atoms with Gasteiger partial charge in [0.25, 0.3) is 0 Å². The Kier molecular flexibility index (Phi) is 6.52. The summed E-state index contributed by atoms with van der Waals surface area (Å²) in [6, 6.07) is 8.28. The van der Waals surface area contributed by atoms with Crippen LogP contribution in [0.3, 0.4) is 0 Å². The van der Waals surface area contributed by atoms with E-state index in [0.717, 1.165) is 18.7 Å². The van der Waals surface area contributed by atoms with Gasteiger partial charge in [0.1, 0.15) is 5.75 Å². The van der Waals surface area contributed by atoms with E-state index in [1.54, 1.807) is 7.11 Å². The van der Waals surface area contributed by atoms with Gasteiger partial charge >= 0.3 is 5.97 Å². The second-order valence-corrected chi connectivity index (χ2v) is 4.97. The molecule has 2 atom stereocenters. The molecule has 1 rings (SSSR count). The third-order valence-corrected chi connectivity index (χ3v) is 3.69. The molecule has 4 nitrogen and oxygen atoms in total. The predicted octanol–water partition coefficient (Wildman–Crippen LogP) is 3.33. The second kappa shape index (κ2) is 7.90. The maximum atomic E-state index is 10.9. The summed E-state index contributed by atoms with van der Waals surface area (Å²) in [5, 5.41) is 8.98. The number of carboxylic acids is 1. The molecule has 0 spiro atoms. The highest BCUT2D eigenvalue weighted by atomic mass is 16.5. The summed E-state index contributed by atoms with van der Waals surface area (Å²) >= 11 is 0. The number of hydrogen-bond acceptors (Lipinski definition) is 3. The van der Waals surface area contributed by atoms with Crippen LogP contribution >= 0.6 is 0 Å². The summed E-state index contributed by atoms with van der Waals surface area (Å²) in [6.45, 7) is 7.01. The molecule has 0 aromatic heterocycles. The average molecular weight is 279 g/mol. The van der Waals surface area contributed by atoms with Gasteiger partial charge < -0.3 is 9.84 Å². The van der Waals surface area contributed by atoms with E-state index in [0.29, 0.717) is 0 Å². The van der Waals surface area contributed by atoms with E-state index in [4.69, 9.17) is 9.84 Å². The van der Waals surface area contributed by atoms with Gasteiger partial charge in [-0.05, 0) is 37.6 Å². The summed E-state index contributed by atoms with van der Waals surface area (Å²) in [5.74, 6) is 0.0887. The SMILES string of the molecule is CCC(c1ccc(OC)cc1)N(CC)C(C)CC(=O)O. The summed E-state index contributed by atoms with van der Waals surface area (Å²) < 4.78 is 5.18. The molecule has 112 valence electrons. The Morgan fingerprint density at radius 3 is 2.30 bits per heavy atom. The lowest BCUT2D eigenvalue weighted by Crippen LogP contribution is -2.37. The quantitative estimate of drug-likeness (QED) is 0.793. The maximum Gasteiger partial charge on any atom is 0.304 e. The van der Waals surface area contributed by atoms with E-state index in [1.165, 1.54) is 5.56 Å². The number of carbonyl (C=O) groups is 1. The highest BCUT2D eigenvalue weighted by Crippen LogP contribution is 2.28. The zero-order chi connectivity index (χ0) is 15.1. The van der Waals surface area contributed by atoms with Crippen molar-refractivity contribution >= 4 is 5.97 Å². The normalized spacial score (nSPS) is 14.1. The maximum absolute atomic E-state index is 10.9. The number of methoxy groups -OCH3 is 1. The van der Waals surface area contributed by atoms with Gasteiger partial charge in [0.05, 0.1) is 13.5 Å². The van der Waals surface area contributed by atoms with Crippen molar-refractivity contribution in [2.24, 2.45) is 0 Å². The van der Waals surface area contributed by atoms with Crippen molar-refractivity contribution in [2.75, 3.05) is 13.7 Å². The summed E-state index contributed by atoms with van der Waals surface area (Å²) in [5.41, 5.74) is 1.20. The van der Waals surface area contributed by atoms with Crippen molar-refractivity contribution < 1.29 is 14.6 Å². The Morgan fingerprint density at radius 2 is 1.90 bits per heavy atom. The summed E-state index contributed by atoms with van der Waals surface area (Å²) in [4.78, 5) is 13.2. The van der Waals surface area contributed by atoms with Gasteiger partial charge in [0.15, 0.2) is 0 Å². The molecule has 0 aliphatic carbocycles. The van der Waals surface area contributed by atoms with Gasteiger partial charge in [0.2, 0.25) is 0 Å². The lowest BCUT2D eigenvalue weighted by molar-refractivity contribution is -0.138. The van der Waals surface area contributed by atoms with Crippen LogP contribution in [0, 0.1) is 0 Å². The second-order valence-electron chi connectivity index (χ2n) is 4.97. The molecule has 2 unspecified atom stereocenters. The monoisotopic (exact) mass is 279 g/mol. The highest BCUT2D eigenvalue weighted by Gasteiger charge is 2.23. The molecule has 20 heavy (non-hydrogen) atoms. The van der Waals surface area contributed by atoms with Crippen LogP contribution < -0.4 is 4.74 Å². The van der Waals surface area contributed by atoms with E-state index < -0.39 is 5.97 Å². The van der Waals surface area contributed by atoms with E-state index in [-0.39, 0.29) is 18.5 Å². The van der Waals surface area contributed by atoms with E-state index in [9.17, 15) is 4.79 Å². The van der Waals surface area contributed by atoms with Gasteiger partial charge in [-0.1, -0.05) is 26.0 Å². The first-order chi connectivity index (χ1) is 9.53. The minimum atomic E-state index is -0.750. The first kappa shape index (κ1) is 16.5. The van der Waals surface area contributed by atoms with Crippen LogP contribution in [-0.4, -0.2) is 35.7 Å². The standard InChI is InChI=1S/C16H25NO3/c1-5-15(13-7-9-14(20-4)10-8-13)17(6-2)12(3)11-16(18)19/h7-10,12,15H,5-6,11H2,1-4H3,(H,18,19). The zero-order valence-corrected chi connectivity index (χ0v) is 12.8. The largest absolute Gasteiger partial charge is 0.497 e. The molecule has 0 fully saturated rings. The third-order valence-electron chi connectivity index (χ3n) is 3.69. The Balaban J connectivity index is 2.92. The van der Waals surface area contributed by atoms with Crippen LogP contribution in [0.1, 0.15) is 45.2 Å². The summed E-state index contributed by atoms with van der Waals surface area (Å²) in [7, 11) is 1.65. The fraction of sp³-hybridized carbons (Fsp3) is 0.562. The first-order valence-electron chi connectivity index (χ1n) is 7.14. The lowest BCUT2D eigenvalue weighted by Gasteiger charge is -2.35. The molecule has 1 N–H and O–H groups in total. The van der Waals surface area contributed by atoms with Crippen molar-refractivity contribution in [3.63, 3.8) is 0 Å². The molecule has 4 heteroatoms. The molecule has 0 saturated carbocycles. The van der Waals surface area contributed by atoms with Crippen molar-refractivity contribution in [2.45, 2.75) is 45.7 Å². The molecule has 0 bridgehead atoms. The molecule has 1 aromatic carbocycles. The molecule has 0 saturated heterocycles. The first-order valence-corrected chi connectivity index (χ1v) is 7.14. The number of nitrogens with zero attached hydrogens (tertiary/aromatic N) is 1. The molecular weight excluding hydrogens is 254 g/mol. The van der Waals surface area contributed by atoms with E-state index >= 15 is 0 Å². The number of ether oxygens (including phenoxy) is 1. The topological polar surface area (TPSA) is 49.8 Å². The number of rotatable bonds is 8. The van der Waals surface area contributed by atoms with Crippen LogP contribution in [0.4, 0.5) is 0 Å². The van der Waals surface area contributed by atoms with Crippen molar-refractivity contribution in [3.8, 4) is 5.75 Å². The summed E-state index contributed by atoms with van der Waals surface area (Å²) in [6.07, 6.45) is 1.12. The third kappa shape index (κ3) is 4.23. The predicted molar refractivity (Wildman–Crippen MR) is 80.1 cm³/mol. The molecule has 1 aromatic rings. The lowest BCUT2D eigenvalue weighted by atomic mass is 10.00. The number of hydrogen-bond donors (Lipinski definition) is 1. The van der Waals surface area contributed by atoms with Crippen molar-refractivity contribution in [3.05, 3.63) is 29.8 Å². The number of aliphatic carboxylic acids is 1. The van der Waals surface area contributed by atoms with Gasteiger partial charge in [-0.15, -0.1) is 0 Å². The van der Waals surface area contributed by atoms with Crippen LogP contribution in [-0.2, 0) is 4.79 Å². The number of carboxylic acid groups (broad SMARTS) is 1. The smallest absolute Gasteiger partial charge is 0.304 e.